The number of anilines is 1. The molecule has 2 N–H and O–H groups in total. The molecule has 2 amide bonds. The van der Waals surface area contributed by atoms with E-state index in [-0.39, 0.29) is 17.9 Å². The Labute approximate surface area is 166 Å². The zero-order valence-corrected chi connectivity index (χ0v) is 16.3. The predicted octanol–water partition coefficient (Wildman–Crippen LogP) is 4.00. The van der Waals surface area contributed by atoms with Crippen molar-refractivity contribution in [2.45, 2.75) is 32.2 Å². The molecule has 4 rings (SSSR count). The van der Waals surface area contributed by atoms with Crippen molar-refractivity contribution < 1.29 is 9.59 Å². The van der Waals surface area contributed by atoms with Crippen molar-refractivity contribution in [1.29, 1.82) is 0 Å². The van der Waals surface area contributed by atoms with E-state index in [2.05, 4.69) is 33.2 Å². The number of pyridine rings is 2. The highest BCUT2D eigenvalue weighted by Crippen LogP contribution is 2.43. The molecule has 0 radical (unpaired) electrons. The minimum atomic E-state index is -0.195. The average molecular weight is 392 g/mol. The maximum Gasteiger partial charge on any atom is 0.243 e. The zero-order chi connectivity index (χ0) is 19.7. The number of carbonyl (C=O) groups excluding carboxylic acids is 2. The van der Waals surface area contributed by atoms with Gasteiger partial charge in [0.05, 0.1) is 6.04 Å². The summed E-state index contributed by atoms with van der Waals surface area (Å²) in [5.41, 5.74) is 3.03. The molecule has 0 bridgehead atoms. The fourth-order valence-corrected chi connectivity index (χ4v) is 4.81. The van der Waals surface area contributed by atoms with Crippen LogP contribution in [0.2, 0.25) is 0 Å². The summed E-state index contributed by atoms with van der Waals surface area (Å²) >= 11 is 1.66. The number of thiophene rings is 1. The van der Waals surface area contributed by atoms with Crippen LogP contribution in [0, 0.1) is 0 Å². The number of amides is 2. The van der Waals surface area contributed by atoms with E-state index in [1.807, 2.05) is 19.2 Å². The Morgan fingerprint density at radius 2 is 2.29 bits per heavy atom. The Morgan fingerprint density at radius 3 is 3.07 bits per heavy atom. The molecule has 0 saturated heterocycles. The van der Waals surface area contributed by atoms with Gasteiger partial charge in [-0.15, -0.1) is 11.3 Å². The van der Waals surface area contributed by atoms with Crippen LogP contribution in [0.15, 0.2) is 43.4 Å². The number of carbonyl (C=O) groups is 2. The lowest BCUT2D eigenvalue weighted by Crippen LogP contribution is -2.26. The van der Waals surface area contributed by atoms with Gasteiger partial charge in [0.15, 0.2) is 0 Å². The van der Waals surface area contributed by atoms with Gasteiger partial charge < -0.3 is 10.6 Å². The minimum Gasteiger partial charge on any atom is -0.345 e. The van der Waals surface area contributed by atoms with Gasteiger partial charge in [-0.25, -0.2) is 4.98 Å². The van der Waals surface area contributed by atoms with Gasteiger partial charge in [-0.3, -0.25) is 14.6 Å². The van der Waals surface area contributed by atoms with Crippen LogP contribution < -0.4 is 10.6 Å². The Balaban J connectivity index is 1.87. The molecular formula is C21H20N4O2S. The van der Waals surface area contributed by atoms with Crippen LogP contribution >= 0.6 is 11.3 Å². The summed E-state index contributed by atoms with van der Waals surface area (Å²) < 4.78 is 1.11. The van der Waals surface area contributed by atoms with E-state index in [1.165, 1.54) is 6.08 Å². The van der Waals surface area contributed by atoms with Crippen LogP contribution in [0.1, 0.15) is 36.2 Å². The highest BCUT2D eigenvalue weighted by Gasteiger charge is 2.24. The normalized spacial score (nSPS) is 14.2. The van der Waals surface area contributed by atoms with Gasteiger partial charge in [-0.1, -0.05) is 13.5 Å². The molecule has 1 atom stereocenters. The Morgan fingerprint density at radius 1 is 1.43 bits per heavy atom. The van der Waals surface area contributed by atoms with E-state index >= 15 is 0 Å². The molecule has 0 aliphatic carbocycles. The fourth-order valence-electron chi connectivity index (χ4n) is 3.48. The molecule has 0 fully saturated rings. The van der Waals surface area contributed by atoms with Crippen LogP contribution in [-0.4, -0.2) is 21.8 Å². The zero-order valence-electron chi connectivity index (χ0n) is 15.5. The van der Waals surface area contributed by atoms with Gasteiger partial charge in [0.25, 0.3) is 0 Å². The number of nitrogens with one attached hydrogen (secondary N) is 2. The van der Waals surface area contributed by atoms with Crippen molar-refractivity contribution in [3.8, 4) is 11.1 Å². The monoisotopic (exact) mass is 392 g/mol. The largest absolute Gasteiger partial charge is 0.345 e. The highest BCUT2D eigenvalue weighted by molar-refractivity contribution is 7.19. The molecule has 0 spiro atoms. The molecule has 3 aromatic heterocycles. The van der Waals surface area contributed by atoms with Gasteiger partial charge in [-0.2, -0.15) is 0 Å². The van der Waals surface area contributed by atoms with Gasteiger partial charge in [0.1, 0.15) is 5.82 Å². The predicted molar refractivity (Wildman–Crippen MR) is 111 cm³/mol. The third-order valence-electron chi connectivity index (χ3n) is 4.88. The first-order valence-electron chi connectivity index (χ1n) is 9.19. The van der Waals surface area contributed by atoms with Gasteiger partial charge >= 0.3 is 0 Å². The number of rotatable bonds is 5. The molecule has 28 heavy (non-hydrogen) atoms. The summed E-state index contributed by atoms with van der Waals surface area (Å²) in [6.45, 7) is 5.60. The maximum atomic E-state index is 12.0. The van der Waals surface area contributed by atoms with E-state index in [9.17, 15) is 9.59 Å². The van der Waals surface area contributed by atoms with E-state index in [4.69, 9.17) is 0 Å². The first kappa shape index (κ1) is 18.3. The molecule has 142 valence electrons. The van der Waals surface area contributed by atoms with E-state index < -0.39 is 0 Å². The van der Waals surface area contributed by atoms with Crippen LogP contribution in [-0.2, 0) is 16.0 Å². The number of aryl methyl sites for hydroxylation is 1. The van der Waals surface area contributed by atoms with Gasteiger partial charge in [0, 0.05) is 51.1 Å². The average Bonchev–Trinajstić information content (AvgIpc) is 3.10. The quantitative estimate of drug-likeness (QED) is 0.643. The van der Waals surface area contributed by atoms with Crippen molar-refractivity contribution in [2.75, 3.05) is 5.32 Å². The Bertz CT molecular complexity index is 1090. The Hall–Kier alpha value is -3.06. The van der Waals surface area contributed by atoms with Crippen molar-refractivity contribution in [3.63, 3.8) is 0 Å². The maximum absolute atomic E-state index is 12.0. The van der Waals surface area contributed by atoms with E-state index in [0.717, 1.165) is 38.1 Å². The summed E-state index contributed by atoms with van der Waals surface area (Å²) in [7, 11) is 0. The number of hydrogen-bond acceptors (Lipinski definition) is 5. The number of nitrogens with zero attached hydrogens (tertiary/aromatic N) is 2. The van der Waals surface area contributed by atoms with Gasteiger partial charge in [-0.05, 0) is 36.6 Å². The van der Waals surface area contributed by atoms with Crippen molar-refractivity contribution in [3.05, 3.63) is 53.8 Å². The summed E-state index contributed by atoms with van der Waals surface area (Å²) in [5, 5.41) is 6.89. The smallest absolute Gasteiger partial charge is 0.243 e. The molecule has 3 aromatic rings. The second kappa shape index (κ2) is 7.52. The van der Waals surface area contributed by atoms with Crippen molar-refractivity contribution in [1.82, 2.24) is 15.3 Å². The summed E-state index contributed by atoms with van der Waals surface area (Å²) in [6.07, 6.45) is 8.59. The molecular weight excluding hydrogens is 372 g/mol. The lowest BCUT2D eigenvalue weighted by molar-refractivity contribution is -0.117. The van der Waals surface area contributed by atoms with Crippen LogP contribution in [0.3, 0.4) is 0 Å². The van der Waals surface area contributed by atoms with Crippen LogP contribution in [0.25, 0.3) is 21.2 Å². The summed E-state index contributed by atoms with van der Waals surface area (Å²) in [4.78, 5) is 33.4. The third kappa shape index (κ3) is 3.29. The summed E-state index contributed by atoms with van der Waals surface area (Å²) in [5.74, 6) is 0.433. The minimum absolute atomic E-state index is 0.00296. The fraction of sp³-hybridized carbons (Fsp3) is 0.238. The van der Waals surface area contributed by atoms with Gasteiger partial charge in [0.2, 0.25) is 11.8 Å². The molecule has 7 heteroatoms. The molecule has 6 nitrogen and oxygen atoms in total. The number of aromatic nitrogens is 2. The van der Waals surface area contributed by atoms with Crippen molar-refractivity contribution in [2.24, 2.45) is 0 Å². The molecule has 1 unspecified atom stereocenters. The standard InChI is InChI=1S/C21H20N4O2S/c1-3-15(24-17(26)4-2)20-19(14-11-22-8-7-16(14)28-20)13-9-12-5-6-18(27)25-21(12)23-10-13/h4,7-11,15H,2-3,5-6H2,1H3,(H,24,26)(H,23,25,27). The first-order valence-corrected chi connectivity index (χ1v) is 10.0. The van der Waals surface area contributed by atoms with Crippen LogP contribution in [0.4, 0.5) is 5.82 Å². The third-order valence-corrected chi connectivity index (χ3v) is 6.16. The number of hydrogen-bond donors (Lipinski definition) is 2. The molecule has 4 heterocycles. The van der Waals surface area contributed by atoms with E-state index in [0.29, 0.717) is 18.7 Å². The second-order valence-electron chi connectivity index (χ2n) is 6.67. The summed E-state index contributed by atoms with van der Waals surface area (Å²) in [6, 6.07) is 3.94. The lowest BCUT2D eigenvalue weighted by Gasteiger charge is -2.19. The molecule has 1 aliphatic rings. The van der Waals surface area contributed by atoms with E-state index in [1.54, 1.807) is 23.7 Å². The molecule has 0 saturated carbocycles. The highest BCUT2D eigenvalue weighted by atomic mass is 32.1. The molecule has 0 aromatic carbocycles. The SMILES string of the molecule is C=CC(=O)NC(CC)c1sc2ccncc2c1-c1cnc2c(c1)CCC(=O)N2. The topological polar surface area (TPSA) is 84.0 Å². The van der Waals surface area contributed by atoms with Crippen molar-refractivity contribution >= 4 is 39.1 Å². The Kier molecular flexibility index (Phi) is 4.92. The molecule has 1 aliphatic heterocycles. The number of fused-ring (bicyclic) bond motifs is 2. The lowest BCUT2D eigenvalue weighted by atomic mass is 9.97. The second-order valence-corrected chi connectivity index (χ2v) is 7.75. The van der Waals surface area contributed by atoms with Crippen LogP contribution in [0.5, 0.6) is 0 Å². The first-order chi connectivity index (χ1) is 13.6.